The Morgan fingerprint density at radius 2 is 2.00 bits per heavy atom. The summed E-state index contributed by atoms with van der Waals surface area (Å²) in [6, 6.07) is 0. The lowest BCUT2D eigenvalue weighted by Gasteiger charge is -2.43. The van der Waals surface area contributed by atoms with E-state index in [1.165, 1.54) is 19.3 Å². The van der Waals surface area contributed by atoms with E-state index in [2.05, 4.69) is 30.7 Å². The van der Waals surface area contributed by atoms with Crippen LogP contribution in [0.25, 0.3) is 0 Å². The third-order valence-corrected chi connectivity index (χ3v) is 4.17. The van der Waals surface area contributed by atoms with Crippen molar-refractivity contribution in [3.8, 4) is 0 Å². The van der Waals surface area contributed by atoms with Crippen LogP contribution in [0, 0.1) is 0 Å². The van der Waals surface area contributed by atoms with Crippen LogP contribution in [-0.4, -0.2) is 38.2 Å². The summed E-state index contributed by atoms with van der Waals surface area (Å²) in [6.45, 7) is 9.33. The number of aliphatic hydroxyl groups is 1. The number of aromatic nitrogens is 2. The monoisotopic (exact) mass is 251 g/mol. The molecular weight excluding hydrogens is 226 g/mol. The van der Waals surface area contributed by atoms with E-state index >= 15 is 0 Å². The number of piperidine rings is 1. The molecule has 1 aliphatic rings. The summed E-state index contributed by atoms with van der Waals surface area (Å²) >= 11 is 0. The number of aliphatic hydroxyl groups excluding tert-OH is 1. The highest BCUT2D eigenvalue weighted by atomic mass is 16.3. The molecule has 1 saturated heterocycles. The Morgan fingerprint density at radius 1 is 1.33 bits per heavy atom. The van der Waals surface area contributed by atoms with E-state index in [1.807, 2.05) is 10.8 Å². The third-order valence-electron chi connectivity index (χ3n) is 4.17. The van der Waals surface area contributed by atoms with E-state index in [1.54, 1.807) is 6.20 Å². The molecule has 1 aromatic rings. The molecule has 1 unspecified atom stereocenters. The van der Waals surface area contributed by atoms with Gasteiger partial charge in [-0.2, -0.15) is 0 Å². The normalized spacial score (nSPS) is 20.0. The van der Waals surface area contributed by atoms with Gasteiger partial charge in [0.1, 0.15) is 11.9 Å². The zero-order valence-corrected chi connectivity index (χ0v) is 11.8. The summed E-state index contributed by atoms with van der Waals surface area (Å²) in [6.07, 6.45) is 6.95. The Hall–Kier alpha value is -0.870. The van der Waals surface area contributed by atoms with Crippen LogP contribution in [0.4, 0.5) is 0 Å². The van der Waals surface area contributed by atoms with Crippen molar-refractivity contribution in [2.45, 2.75) is 58.2 Å². The second-order valence-corrected chi connectivity index (χ2v) is 5.68. The first kappa shape index (κ1) is 13.6. The fraction of sp³-hybridized carbons (Fsp3) is 0.786. The van der Waals surface area contributed by atoms with Crippen molar-refractivity contribution in [3.05, 3.63) is 18.2 Å². The van der Waals surface area contributed by atoms with Gasteiger partial charge in [-0.1, -0.05) is 6.42 Å². The summed E-state index contributed by atoms with van der Waals surface area (Å²) in [5, 5.41) is 10.7. The average molecular weight is 251 g/mol. The van der Waals surface area contributed by atoms with Crippen LogP contribution in [0.1, 0.15) is 52.0 Å². The molecule has 1 aliphatic heterocycles. The van der Waals surface area contributed by atoms with Crippen LogP contribution >= 0.6 is 0 Å². The quantitative estimate of drug-likeness (QED) is 0.892. The van der Waals surface area contributed by atoms with Crippen molar-refractivity contribution >= 4 is 0 Å². The number of likely N-dealkylation sites (tertiary alicyclic amines) is 1. The first-order valence-electron chi connectivity index (χ1n) is 7.01. The van der Waals surface area contributed by atoms with Crippen molar-refractivity contribution in [3.63, 3.8) is 0 Å². The van der Waals surface area contributed by atoms with Gasteiger partial charge in [-0.3, -0.25) is 4.90 Å². The van der Waals surface area contributed by atoms with Gasteiger partial charge in [0.25, 0.3) is 0 Å². The van der Waals surface area contributed by atoms with E-state index in [0.717, 1.165) is 25.5 Å². The van der Waals surface area contributed by atoms with Crippen LogP contribution < -0.4 is 0 Å². The van der Waals surface area contributed by atoms with Crippen LogP contribution in [0.2, 0.25) is 0 Å². The minimum absolute atomic E-state index is 0.251. The summed E-state index contributed by atoms with van der Waals surface area (Å²) in [5.41, 5.74) is -0.251. The molecule has 0 amide bonds. The molecule has 0 bridgehead atoms. The minimum Gasteiger partial charge on any atom is -0.383 e. The van der Waals surface area contributed by atoms with Gasteiger partial charge < -0.3 is 9.67 Å². The lowest BCUT2D eigenvalue weighted by Crippen LogP contribution is -2.51. The fourth-order valence-corrected chi connectivity index (χ4v) is 2.79. The SMILES string of the molecule is CCn1ccnc1C(O)C(C)(C)N1CCCCC1. The molecule has 18 heavy (non-hydrogen) atoms. The Balaban J connectivity index is 2.17. The van der Waals surface area contributed by atoms with Crippen molar-refractivity contribution in [1.82, 2.24) is 14.5 Å². The summed E-state index contributed by atoms with van der Waals surface area (Å²) in [5.74, 6) is 0.785. The maximum Gasteiger partial charge on any atom is 0.139 e. The molecule has 0 radical (unpaired) electrons. The fourth-order valence-electron chi connectivity index (χ4n) is 2.79. The van der Waals surface area contributed by atoms with Gasteiger partial charge in [-0.15, -0.1) is 0 Å². The van der Waals surface area contributed by atoms with Gasteiger partial charge >= 0.3 is 0 Å². The Bertz CT molecular complexity index is 380. The second-order valence-electron chi connectivity index (χ2n) is 5.68. The first-order chi connectivity index (χ1) is 8.57. The van der Waals surface area contributed by atoms with Crippen molar-refractivity contribution < 1.29 is 5.11 Å². The average Bonchev–Trinajstić information content (AvgIpc) is 2.87. The number of imidazole rings is 1. The molecular formula is C14H25N3O. The molecule has 2 heterocycles. The number of hydrogen-bond acceptors (Lipinski definition) is 3. The standard InChI is InChI=1S/C14H25N3O/c1-4-16-11-8-15-13(16)12(18)14(2,3)17-9-6-5-7-10-17/h8,11-12,18H,4-7,9-10H2,1-3H3. The van der Waals surface area contributed by atoms with E-state index < -0.39 is 6.10 Å². The lowest BCUT2D eigenvalue weighted by molar-refractivity contribution is -0.0268. The minimum atomic E-state index is -0.537. The molecule has 0 spiro atoms. The first-order valence-corrected chi connectivity index (χ1v) is 7.01. The molecule has 0 saturated carbocycles. The molecule has 1 fully saturated rings. The van der Waals surface area contributed by atoms with Gasteiger partial charge in [0.05, 0.1) is 0 Å². The molecule has 102 valence electrons. The van der Waals surface area contributed by atoms with Crippen molar-refractivity contribution in [2.24, 2.45) is 0 Å². The van der Waals surface area contributed by atoms with Gasteiger partial charge in [0, 0.05) is 24.5 Å². The summed E-state index contributed by atoms with van der Waals surface area (Å²) < 4.78 is 2.02. The Morgan fingerprint density at radius 3 is 2.61 bits per heavy atom. The highest BCUT2D eigenvalue weighted by Crippen LogP contribution is 2.32. The summed E-state index contributed by atoms with van der Waals surface area (Å²) in [7, 11) is 0. The molecule has 1 N–H and O–H groups in total. The smallest absolute Gasteiger partial charge is 0.139 e. The zero-order chi connectivity index (χ0) is 13.2. The van der Waals surface area contributed by atoms with E-state index in [9.17, 15) is 5.11 Å². The Kier molecular flexibility index (Phi) is 4.07. The second kappa shape index (κ2) is 5.41. The van der Waals surface area contributed by atoms with Crippen molar-refractivity contribution in [2.75, 3.05) is 13.1 Å². The topological polar surface area (TPSA) is 41.3 Å². The van der Waals surface area contributed by atoms with E-state index in [0.29, 0.717) is 0 Å². The number of rotatable bonds is 4. The molecule has 0 aromatic carbocycles. The molecule has 4 heteroatoms. The maximum atomic E-state index is 10.7. The van der Waals surface area contributed by atoms with Gasteiger partial charge in [-0.05, 0) is 46.7 Å². The lowest BCUT2D eigenvalue weighted by atomic mass is 9.91. The number of hydrogen-bond donors (Lipinski definition) is 1. The predicted molar refractivity (Wildman–Crippen MR) is 72.4 cm³/mol. The molecule has 4 nitrogen and oxygen atoms in total. The molecule has 1 atom stereocenters. The zero-order valence-electron chi connectivity index (χ0n) is 11.8. The summed E-state index contributed by atoms with van der Waals surface area (Å²) in [4.78, 5) is 6.73. The van der Waals surface area contributed by atoms with Crippen LogP contribution in [-0.2, 0) is 6.54 Å². The molecule has 0 aliphatic carbocycles. The van der Waals surface area contributed by atoms with Crippen LogP contribution in [0.5, 0.6) is 0 Å². The van der Waals surface area contributed by atoms with E-state index in [4.69, 9.17) is 0 Å². The van der Waals surface area contributed by atoms with Gasteiger partial charge in [-0.25, -0.2) is 4.98 Å². The highest BCUT2D eigenvalue weighted by molar-refractivity contribution is 5.05. The number of nitrogens with zero attached hydrogens (tertiary/aromatic N) is 3. The van der Waals surface area contributed by atoms with Crippen molar-refractivity contribution in [1.29, 1.82) is 0 Å². The Labute approximate surface area is 110 Å². The van der Waals surface area contributed by atoms with Gasteiger partial charge in [0.2, 0.25) is 0 Å². The molecule has 1 aromatic heterocycles. The molecule has 2 rings (SSSR count). The largest absolute Gasteiger partial charge is 0.383 e. The van der Waals surface area contributed by atoms with Gasteiger partial charge in [0.15, 0.2) is 0 Å². The highest BCUT2D eigenvalue weighted by Gasteiger charge is 2.37. The third kappa shape index (κ3) is 2.45. The van der Waals surface area contributed by atoms with Crippen LogP contribution in [0.3, 0.4) is 0 Å². The maximum absolute atomic E-state index is 10.7. The van der Waals surface area contributed by atoms with E-state index in [-0.39, 0.29) is 5.54 Å². The predicted octanol–water partition coefficient (Wildman–Crippen LogP) is 2.20. The van der Waals surface area contributed by atoms with Crippen LogP contribution in [0.15, 0.2) is 12.4 Å². The number of aryl methyl sites for hydroxylation is 1.